The minimum absolute atomic E-state index is 0.0157. The number of aromatic nitrogens is 3. The molecule has 0 aliphatic heterocycles. The number of pyridine rings is 3. The number of amides is 4. The van der Waals surface area contributed by atoms with Crippen molar-refractivity contribution in [3.8, 4) is 0 Å². The zero-order chi connectivity index (χ0) is 45.9. The maximum absolute atomic E-state index is 13.3. The van der Waals surface area contributed by atoms with E-state index in [1.807, 2.05) is 123 Å². The van der Waals surface area contributed by atoms with Gasteiger partial charge in [-0.1, -0.05) is 48.0 Å². The molecule has 4 amide bonds. The molecule has 2 fully saturated rings. The molecule has 334 valence electrons. The molecule has 0 unspecified atom stereocenters. The second kappa shape index (κ2) is 19.2. The molecule has 9 rings (SSSR count). The van der Waals surface area contributed by atoms with Gasteiger partial charge in [-0.3, -0.25) is 24.2 Å². The van der Waals surface area contributed by atoms with Gasteiger partial charge in [-0.2, -0.15) is 4.57 Å². The van der Waals surface area contributed by atoms with Crippen molar-refractivity contribution in [2.24, 2.45) is 11.8 Å². The number of likely N-dealkylation sites (N-methyl/N-ethyl adjacent to an activating group) is 1. The number of nitrogens with zero attached hydrogens (tertiary/aromatic N) is 5. The molecule has 14 heteroatoms. The lowest BCUT2D eigenvalue weighted by atomic mass is 10.0. The SMILES string of the molecule is CN(C)CCNC(=O)c1cccc([C@@H]2C[C@H]2C(=O)Nc2ccc3c[n+](CN(C)Cc4ccc(NC(=O)c5cccc([C@@H]6C[C@H]6C(=O)Nc6ccc7cncc(Cl)c7c6)c5)nc4)ccc3c2)c1. The lowest BCUT2D eigenvalue weighted by molar-refractivity contribution is -0.714. The molecule has 4 N–H and O–H groups in total. The smallest absolute Gasteiger partial charge is 0.256 e. The molecule has 7 aromatic rings. The molecule has 2 aliphatic carbocycles. The van der Waals surface area contributed by atoms with Gasteiger partial charge in [0.1, 0.15) is 5.82 Å². The van der Waals surface area contributed by atoms with Crippen LogP contribution in [0.25, 0.3) is 21.5 Å². The number of rotatable bonds is 16. The maximum atomic E-state index is 13.3. The van der Waals surface area contributed by atoms with Gasteiger partial charge < -0.3 is 26.2 Å². The lowest BCUT2D eigenvalue weighted by Gasteiger charge is -2.14. The summed E-state index contributed by atoms with van der Waals surface area (Å²) < 4.78 is 2.11. The topological polar surface area (TPSA) is 153 Å². The van der Waals surface area contributed by atoms with E-state index in [2.05, 4.69) is 46.9 Å². The molecule has 0 spiro atoms. The van der Waals surface area contributed by atoms with E-state index in [1.54, 1.807) is 30.7 Å². The number of carbonyl (C=O) groups is 4. The molecule has 0 saturated heterocycles. The molecular formula is C52H51ClN9O4+. The monoisotopic (exact) mass is 900 g/mol. The van der Waals surface area contributed by atoms with E-state index in [4.69, 9.17) is 11.6 Å². The van der Waals surface area contributed by atoms with Gasteiger partial charge in [0.25, 0.3) is 11.8 Å². The van der Waals surface area contributed by atoms with Crippen LogP contribution in [0, 0.1) is 11.8 Å². The molecule has 2 aliphatic rings. The van der Waals surface area contributed by atoms with E-state index in [-0.39, 0.29) is 47.3 Å². The first-order valence-electron chi connectivity index (χ1n) is 22.1. The largest absolute Gasteiger partial charge is 0.351 e. The zero-order valence-corrected chi connectivity index (χ0v) is 37.8. The van der Waals surface area contributed by atoms with E-state index in [0.717, 1.165) is 56.9 Å². The number of nitrogens with one attached hydrogen (secondary N) is 4. The Bertz CT molecular complexity index is 2980. The second-order valence-electron chi connectivity index (χ2n) is 17.7. The van der Waals surface area contributed by atoms with Crippen molar-refractivity contribution in [2.45, 2.75) is 37.9 Å². The second-order valence-corrected chi connectivity index (χ2v) is 18.1. The Kier molecular flexibility index (Phi) is 12.8. The highest BCUT2D eigenvalue weighted by Crippen LogP contribution is 2.49. The van der Waals surface area contributed by atoms with Gasteiger partial charge in [-0.15, -0.1) is 0 Å². The molecule has 2 saturated carbocycles. The Hall–Kier alpha value is -7.06. The third-order valence-electron chi connectivity index (χ3n) is 12.3. The maximum Gasteiger partial charge on any atom is 0.256 e. The zero-order valence-electron chi connectivity index (χ0n) is 37.0. The first-order valence-corrected chi connectivity index (χ1v) is 22.5. The van der Waals surface area contributed by atoms with Gasteiger partial charge in [0.15, 0.2) is 12.4 Å². The fourth-order valence-corrected chi connectivity index (χ4v) is 8.74. The fraction of sp³-hybridized carbons (Fsp3) is 0.250. The first-order chi connectivity index (χ1) is 31.9. The molecule has 3 heterocycles. The van der Waals surface area contributed by atoms with Crippen molar-refractivity contribution in [1.29, 1.82) is 0 Å². The van der Waals surface area contributed by atoms with Crippen LogP contribution in [0.15, 0.2) is 134 Å². The normalized spacial score (nSPS) is 17.4. The quantitative estimate of drug-likeness (QED) is 0.0717. The highest BCUT2D eigenvalue weighted by Gasteiger charge is 2.45. The van der Waals surface area contributed by atoms with E-state index in [0.29, 0.717) is 53.8 Å². The number of hydrogen-bond donors (Lipinski definition) is 4. The van der Waals surface area contributed by atoms with Crippen molar-refractivity contribution in [2.75, 3.05) is 50.2 Å². The van der Waals surface area contributed by atoms with E-state index in [9.17, 15) is 19.2 Å². The number of fused-ring (bicyclic) bond motifs is 2. The molecule has 3 aromatic heterocycles. The molecule has 4 aromatic carbocycles. The molecule has 0 radical (unpaired) electrons. The van der Waals surface area contributed by atoms with Crippen LogP contribution in [0.5, 0.6) is 0 Å². The van der Waals surface area contributed by atoms with Gasteiger partial charge in [0.2, 0.25) is 18.5 Å². The first kappa shape index (κ1) is 44.2. The Morgan fingerprint density at radius 1 is 0.697 bits per heavy atom. The molecular weight excluding hydrogens is 850 g/mol. The molecule has 13 nitrogen and oxygen atoms in total. The van der Waals surface area contributed by atoms with Crippen LogP contribution in [0.2, 0.25) is 5.02 Å². The van der Waals surface area contributed by atoms with E-state index < -0.39 is 0 Å². The van der Waals surface area contributed by atoms with Gasteiger partial charge in [-0.25, -0.2) is 9.88 Å². The summed E-state index contributed by atoms with van der Waals surface area (Å²) in [4.78, 5) is 65.2. The Morgan fingerprint density at radius 3 is 2.03 bits per heavy atom. The minimum atomic E-state index is -0.270. The van der Waals surface area contributed by atoms with Crippen LogP contribution >= 0.6 is 11.6 Å². The third-order valence-corrected chi connectivity index (χ3v) is 12.6. The number of carbonyl (C=O) groups excluding carboxylic acids is 4. The summed E-state index contributed by atoms with van der Waals surface area (Å²) in [5, 5.41) is 16.3. The number of halogens is 1. The van der Waals surface area contributed by atoms with Crippen molar-refractivity contribution < 1.29 is 23.7 Å². The predicted molar refractivity (Wildman–Crippen MR) is 257 cm³/mol. The summed E-state index contributed by atoms with van der Waals surface area (Å²) in [6, 6.07) is 32.4. The molecule has 66 heavy (non-hydrogen) atoms. The fourth-order valence-electron chi connectivity index (χ4n) is 8.52. The van der Waals surface area contributed by atoms with E-state index >= 15 is 0 Å². The van der Waals surface area contributed by atoms with Gasteiger partial charge in [0, 0.05) is 94.8 Å². The Balaban J connectivity index is 0.730. The van der Waals surface area contributed by atoms with Crippen molar-refractivity contribution in [3.63, 3.8) is 0 Å². The van der Waals surface area contributed by atoms with Crippen LogP contribution in [-0.4, -0.2) is 77.6 Å². The number of hydrogen-bond acceptors (Lipinski definition) is 8. The van der Waals surface area contributed by atoms with E-state index in [1.165, 1.54) is 0 Å². The lowest BCUT2D eigenvalue weighted by Crippen LogP contribution is -2.41. The van der Waals surface area contributed by atoms with Gasteiger partial charge in [-0.05, 0) is 129 Å². The summed E-state index contributed by atoms with van der Waals surface area (Å²) in [7, 11) is 5.97. The standard InChI is InChI=1S/C52H50ClN9O4/c1-60(2)19-17-55-49(63)36-8-4-6-34(20-36)42-24-45(42)51(65)57-40-14-12-39-30-62(18-16-33(39)22-40)31-61(3)29-32-10-15-48(56-26-32)59-50(64)37-9-5-7-35(21-37)43-25-46(43)52(66)58-41-13-11-38-27-54-28-47(53)44(38)23-41/h4-16,18,20-23,26-28,30,42-43,45-46H,17,19,24-25,29,31H2,1-3H3,(H3,54,55,56,58,59,63,64,66)/p+1/t42-,43-,45+,46+/m0/s1. The van der Waals surface area contributed by atoms with Crippen LogP contribution in [-0.2, 0) is 22.8 Å². The van der Waals surface area contributed by atoms with Crippen molar-refractivity contribution >= 4 is 74.0 Å². The minimum Gasteiger partial charge on any atom is -0.351 e. The van der Waals surface area contributed by atoms with Crippen LogP contribution in [0.4, 0.5) is 17.2 Å². The van der Waals surface area contributed by atoms with Gasteiger partial charge >= 0.3 is 0 Å². The van der Waals surface area contributed by atoms with Crippen molar-refractivity contribution in [1.82, 2.24) is 25.1 Å². The third kappa shape index (κ3) is 10.6. The summed E-state index contributed by atoms with van der Waals surface area (Å²) >= 11 is 6.32. The number of benzene rings is 4. The van der Waals surface area contributed by atoms with Crippen LogP contribution in [0.1, 0.15) is 62.1 Å². The predicted octanol–water partition coefficient (Wildman–Crippen LogP) is 7.84. The average molecular weight is 901 g/mol. The molecule has 0 bridgehead atoms. The summed E-state index contributed by atoms with van der Waals surface area (Å²) in [6.45, 7) is 2.60. The summed E-state index contributed by atoms with van der Waals surface area (Å²) in [5.41, 5.74) is 5.49. The summed E-state index contributed by atoms with van der Waals surface area (Å²) in [5.74, 6) is -0.210. The van der Waals surface area contributed by atoms with Gasteiger partial charge in [0.05, 0.1) is 5.02 Å². The number of anilines is 3. The average Bonchev–Trinajstić information content (AvgIpc) is 4.26. The van der Waals surface area contributed by atoms with Crippen LogP contribution < -0.4 is 25.8 Å². The highest BCUT2D eigenvalue weighted by molar-refractivity contribution is 6.35. The Labute approximate surface area is 388 Å². The molecule has 4 atom stereocenters. The highest BCUT2D eigenvalue weighted by atomic mass is 35.5. The Morgan fingerprint density at radius 2 is 1.36 bits per heavy atom. The summed E-state index contributed by atoms with van der Waals surface area (Å²) in [6.07, 6.45) is 10.7. The van der Waals surface area contributed by atoms with Crippen LogP contribution in [0.3, 0.4) is 0 Å². The van der Waals surface area contributed by atoms with Crippen molar-refractivity contribution in [3.05, 3.63) is 167 Å².